The minimum Gasteiger partial charge on any atom is -0.385 e. The molecule has 0 aliphatic carbocycles. The molecule has 3 rings (SSSR count). The molecular weight excluding hydrogens is 505 g/mol. The molecular formula is C23H38IN5O2. The lowest BCUT2D eigenvalue weighted by molar-refractivity contribution is -0.131. The van der Waals surface area contributed by atoms with Gasteiger partial charge >= 0.3 is 0 Å². The second-order valence-corrected chi connectivity index (χ2v) is 8.23. The second-order valence-electron chi connectivity index (χ2n) is 8.23. The van der Waals surface area contributed by atoms with Gasteiger partial charge in [0.1, 0.15) is 0 Å². The summed E-state index contributed by atoms with van der Waals surface area (Å²) < 4.78 is 5.14. The minimum atomic E-state index is 0. The van der Waals surface area contributed by atoms with Crippen molar-refractivity contribution in [3.8, 4) is 0 Å². The van der Waals surface area contributed by atoms with E-state index in [2.05, 4.69) is 32.7 Å². The highest BCUT2D eigenvalue weighted by atomic mass is 127. The van der Waals surface area contributed by atoms with Gasteiger partial charge in [-0.1, -0.05) is 24.3 Å². The lowest BCUT2D eigenvalue weighted by Crippen LogP contribution is -2.49. The van der Waals surface area contributed by atoms with E-state index in [4.69, 9.17) is 4.74 Å². The Hall–Kier alpha value is -1.39. The first-order chi connectivity index (χ1) is 14.7. The molecule has 2 aliphatic heterocycles. The molecule has 8 heteroatoms. The van der Waals surface area contributed by atoms with E-state index in [0.717, 1.165) is 77.5 Å². The quantitative estimate of drug-likeness (QED) is 0.217. The van der Waals surface area contributed by atoms with E-state index < -0.39 is 0 Å². The fourth-order valence-corrected chi connectivity index (χ4v) is 4.24. The molecule has 0 saturated carbocycles. The van der Waals surface area contributed by atoms with Crippen LogP contribution in [0.3, 0.4) is 0 Å². The Morgan fingerprint density at radius 3 is 2.45 bits per heavy atom. The van der Waals surface area contributed by atoms with E-state index >= 15 is 0 Å². The molecule has 2 N–H and O–H groups in total. The molecule has 0 atom stereocenters. The number of likely N-dealkylation sites (tertiary alicyclic amines) is 1. The first kappa shape index (κ1) is 25.9. The number of carbonyl (C=O) groups is 1. The van der Waals surface area contributed by atoms with Gasteiger partial charge in [0.2, 0.25) is 5.91 Å². The van der Waals surface area contributed by atoms with Crippen LogP contribution < -0.4 is 10.6 Å². The van der Waals surface area contributed by atoms with Crippen molar-refractivity contribution in [2.75, 3.05) is 46.9 Å². The van der Waals surface area contributed by atoms with Gasteiger partial charge in [-0.3, -0.25) is 9.79 Å². The number of benzene rings is 1. The van der Waals surface area contributed by atoms with Gasteiger partial charge in [0.05, 0.1) is 0 Å². The van der Waals surface area contributed by atoms with E-state index in [1.165, 1.54) is 11.1 Å². The molecule has 0 spiro atoms. The molecule has 1 amide bonds. The van der Waals surface area contributed by atoms with Gasteiger partial charge < -0.3 is 25.2 Å². The number of fused-ring (bicyclic) bond motifs is 1. The summed E-state index contributed by atoms with van der Waals surface area (Å²) in [5.74, 6) is 1.07. The van der Waals surface area contributed by atoms with Crippen molar-refractivity contribution >= 4 is 35.8 Å². The van der Waals surface area contributed by atoms with Crippen LogP contribution in [0.5, 0.6) is 0 Å². The second kappa shape index (κ2) is 13.9. The molecule has 1 aromatic rings. The van der Waals surface area contributed by atoms with Crippen LogP contribution in [0, 0.1) is 0 Å². The van der Waals surface area contributed by atoms with Gasteiger partial charge in [-0.15, -0.1) is 24.0 Å². The maximum atomic E-state index is 12.5. The van der Waals surface area contributed by atoms with E-state index in [0.29, 0.717) is 12.5 Å². The van der Waals surface area contributed by atoms with Crippen molar-refractivity contribution in [3.05, 3.63) is 35.4 Å². The summed E-state index contributed by atoms with van der Waals surface area (Å²) in [6, 6.07) is 8.77. The lowest BCUT2D eigenvalue weighted by Gasteiger charge is -2.33. The number of aliphatic imine (C=N–C) groups is 1. The number of hydrogen-bond donors (Lipinski definition) is 2. The van der Waals surface area contributed by atoms with Crippen molar-refractivity contribution in [3.63, 3.8) is 0 Å². The maximum absolute atomic E-state index is 12.5. The standard InChI is InChI=1S/C23H37N5O2.HI/c1-24-23(26-21-10-14-27(15-11-21)13-6-16-30-2)25-12-5-9-22(29)28-17-19-7-3-4-8-20(19)18-28;/h3-4,7-8,21H,5-6,9-18H2,1-2H3,(H2,24,25,26);1H. The Morgan fingerprint density at radius 2 is 1.84 bits per heavy atom. The molecule has 0 unspecified atom stereocenters. The number of hydrogen-bond acceptors (Lipinski definition) is 4. The summed E-state index contributed by atoms with van der Waals surface area (Å²) in [7, 11) is 3.57. The van der Waals surface area contributed by atoms with Crippen LogP contribution in [0.4, 0.5) is 0 Å². The summed E-state index contributed by atoms with van der Waals surface area (Å²) in [5.41, 5.74) is 2.55. The number of rotatable bonds is 9. The minimum absolute atomic E-state index is 0. The molecule has 0 bridgehead atoms. The largest absolute Gasteiger partial charge is 0.385 e. The third-order valence-corrected chi connectivity index (χ3v) is 6.03. The number of halogens is 1. The molecule has 1 fully saturated rings. The number of nitrogens with zero attached hydrogens (tertiary/aromatic N) is 3. The fraction of sp³-hybridized carbons (Fsp3) is 0.652. The zero-order valence-corrected chi connectivity index (χ0v) is 21.3. The number of methoxy groups -OCH3 is 1. The Labute approximate surface area is 204 Å². The van der Waals surface area contributed by atoms with E-state index in [1.807, 2.05) is 24.1 Å². The van der Waals surface area contributed by atoms with Crippen molar-refractivity contribution in [2.24, 2.45) is 4.99 Å². The van der Waals surface area contributed by atoms with Crippen molar-refractivity contribution in [1.82, 2.24) is 20.4 Å². The molecule has 1 saturated heterocycles. The highest BCUT2D eigenvalue weighted by Gasteiger charge is 2.22. The first-order valence-electron chi connectivity index (χ1n) is 11.2. The van der Waals surface area contributed by atoms with Crippen LogP contribution in [0.1, 0.15) is 43.2 Å². The third kappa shape index (κ3) is 8.23. The summed E-state index contributed by atoms with van der Waals surface area (Å²) in [4.78, 5) is 21.3. The molecule has 7 nitrogen and oxygen atoms in total. The average molecular weight is 543 g/mol. The van der Waals surface area contributed by atoms with Crippen molar-refractivity contribution in [1.29, 1.82) is 0 Å². The number of piperidine rings is 1. The van der Waals surface area contributed by atoms with Crippen LogP contribution in [0.15, 0.2) is 29.3 Å². The first-order valence-corrected chi connectivity index (χ1v) is 11.2. The smallest absolute Gasteiger partial charge is 0.223 e. The van der Waals surface area contributed by atoms with Gasteiger partial charge in [-0.2, -0.15) is 0 Å². The predicted octanol–water partition coefficient (Wildman–Crippen LogP) is 2.59. The molecule has 1 aromatic carbocycles. The highest BCUT2D eigenvalue weighted by molar-refractivity contribution is 14.0. The lowest BCUT2D eigenvalue weighted by atomic mass is 10.1. The van der Waals surface area contributed by atoms with Crippen molar-refractivity contribution in [2.45, 2.75) is 51.2 Å². The molecule has 0 radical (unpaired) electrons. The fourth-order valence-electron chi connectivity index (χ4n) is 4.24. The van der Waals surface area contributed by atoms with E-state index in [1.54, 1.807) is 7.11 Å². The van der Waals surface area contributed by atoms with Gasteiger partial charge in [-0.25, -0.2) is 0 Å². The third-order valence-electron chi connectivity index (χ3n) is 6.03. The molecule has 2 aliphatic rings. The number of nitrogens with one attached hydrogen (secondary N) is 2. The van der Waals surface area contributed by atoms with E-state index in [9.17, 15) is 4.79 Å². The molecule has 31 heavy (non-hydrogen) atoms. The number of amides is 1. The average Bonchev–Trinajstić information content (AvgIpc) is 3.21. The molecule has 0 aromatic heterocycles. The van der Waals surface area contributed by atoms with Gasteiger partial charge in [0.25, 0.3) is 0 Å². The summed E-state index contributed by atoms with van der Waals surface area (Å²) in [6.45, 7) is 6.43. The predicted molar refractivity (Wildman–Crippen MR) is 136 cm³/mol. The number of guanidine groups is 1. The number of ether oxygens (including phenoxy) is 1. The summed E-state index contributed by atoms with van der Waals surface area (Å²) >= 11 is 0. The molecule has 2 heterocycles. The Balaban J connectivity index is 0.00000341. The highest BCUT2D eigenvalue weighted by Crippen LogP contribution is 2.22. The van der Waals surface area contributed by atoms with Gasteiger partial charge in [0.15, 0.2) is 5.96 Å². The monoisotopic (exact) mass is 543 g/mol. The topological polar surface area (TPSA) is 69.2 Å². The van der Waals surface area contributed by atoms with E-state index in [-0.39, 0.29) is 29.9 Å². The maximum Gasteiger partial charge on any atom is 0.223 e. The van der Waals surface area contributed by atoms with Gasteiger partial charge in [0, 0.05) is 72.5 Å². The SMILES string of the molecule is CN=C(NCCCC(=O)N1Cc2ccccc2C1)NC1CCN(CCCOC)CC1.I. The van der Waals surface area contributed by atoms with Crippen molar-refractivity contribution < 1.29 is 9.53 Å². The normalized spacial score (nSPS) is 17.2. The van der Waals surface area contributed by atoms with Crippen LogP contribution in [-0.4, -0.2) is 74.7 Å². The molecule has 174 valence electrons. The van der Waals surface area contributed by atoms with Crippen LogP contribution >= 0.6 is 24.0 Å². The van der Waals surface area contributed by atoms with Gasteiger partial charge in [-0.05, 0) is 36.8 Å². The Kier molecular flexibility index (Phi) is 11.6. The zero-order valence-electron chi connectivity index (χ0n) is 18.9. The zero-order chi connectivity index (χ0) is 21.2. The Morgan fingerprint density at radius 1 is 1.16 bits per heavy atom. The summed E-state index contributed by atoms with van der Waals surface area (Å²) in [6.07, 6.45) is 4.73. The number of carbonyl (C=O) groups excluding carboxylic acids is 1. The van der Waals surface area contributed by atoms with Crippen LogP contribution in [0.25, 0.3) is 0 Å². The Bertz CT molecular complexity index is 682. The summed E-state index contributed by atoms with van der Waals surface area (Å²) in [5, 5.41) is 6.91. The van der Waals surface area contributed by atoms with Crippen LogP contribution in [0.2, 0.25) is 0 Å². The van der Waals surface area contributed by atoms with Crippen LogP contribution in [-0.2, 0) is 22.6 Å².